The number of amides is 1. The van der Waals surface area contributed by atoms with Gasteiger partial charge in [0.1, 0.15) is 0 Å². The van der Waals surface area contributed by atoms with Crippen LogP contribution in [0.15, 0.2) is 0 Å². The molecule has 2 atom stereocenters. The standard InChI is InChI=1S/C13H26N2O/c1-10(2)13(16)14-8-9-15-11(3)6-5-7-12(15)4/h10-12H,5-9H2,1-4H3,(H,14,16). The molecule has 16 heavy (non-hydrogen) atoms. The first kappa shape index (κ1) is 13.5. The van der Waals surface area contributed by atoms with Gasteiger partial charge in [0.2, 0.25) is 5.91 Å². The molecular weight excluding hydrogens is 200 g/mol. The van der Waals surface area contributed by atoms with Crippen molar-refractivity contribution in [3.63, 3.8) is 0 Å². The Labute approximate surface area is 99.6 Å². The minimum absolute atomic E-state index is 0.0937. The number of likely N-dealkylation sites (tertiary alicyclic amines) is 1. The number of hydrogen-bond donors (Lipinski definition) is 1. The van der Waals surface area contributed by atoms with Gasteiger partial charge in [-0.25, -0.2) is 0 Å². The molecule has 0 aromatic carbocycles. The van der Waals surface area contributed by atoms with Crippen LogP contribution in [-0.2, 0) is 4.79 Å². The largest absolute Gasteiger partial charge is 0.355 e. The van der Waals surface area contributed by atoms with E-state index in [1.807, 2.05) is 13.8 Å². The van der Waals surface area contributed by atoms with Gasteiger partial charge in [-0.3, -0.25) is 9.69 Å². The Morgan fingerprint density at radius 3 is 2.38 bits per heavy atom. The van der Waals surface area contributed by atoms with Crippen LogP contribution in [0.1, 0.15) is 47.0 Å². The molecule has 0 aromatic rings. The Bertz CT molecular complexity index is 218. The summed E-state index contributed by atoms with van der Waals surface area (Å²) >= 11 is 0. The molecule has 1 fully saturated rings. The topological polar surface area (TPSA) is 32.3 Å². The second-order valence-electron chi connectivity index (χ2n) is 5.31. The molecule has 0 aliphatic carbocycles. The minimum atomic E-state index is 0.0937. The molecule has 0 aromatic heterocycles. The third-order valence-electron chi connectivity index (χ3n) is 3.57. The number of carbonyl (C=O) groups is 1. The molecule has 1 rings (SSSR count). The van der Waals surface area contributed by atoms with Crippen molar-refractivity contribution in [2.24, 2.45) is 5.92 Å². The summed E-state index contributed by atoms with van der Waals surface area (Å²) in [6.45, 7) is 10.2. The maximum atomic E-state index is 11.4. The highest BCUT2D eigenvalue weighted by molar-refractivity contribution is 5.77. The number of nitrogens with zero attached hydrogens (tertiary/aromatic N) is 1. The fraction of sp³-hybridized carbons (Fsp3) is 0.923. The van der Waals surface area contributed by atoms with Gasteiger partial charge in [-0.15, -0.1) is 0 Å². The van der Waals surface area contributed by atoms with Crippen molar-refractivity contribution in [2.45, 2.75) is 59.0 Å². The molecule has 0 saturated carbocycles. The van der Waals surface area contributed by atoms with Gasteiger partial charge < -0.3 is 5.32 Å². The highest BCUT2D eigenvalue weighted by Crippen LogP contribution is 2.21. The molecule has 0 radical (unpaired) electrons. The van der Waals surface area contributed by atoms with Crippen molar-refractivity contribution in [1.29, 1.82) is 0 Å². The second kappa shape index (κ2) is 6.24. The average molecular weight is 226 g/mol. The van der Waals surface area contributed by atoms with E-state index in [9.17, 15) is 4.79 Å². The first-order valence-corrected chi connectivity index (χ1v) is 6.55. The van der Waals surface area contributed by atoms with Crippen LogP contribution in [-0.4, -0.2) is 36.0 Å². The summed E-state index contributed by atoms with van der Waals surface area (Å²) in [5, 5.41) is 2.99. The quantitative estimate of drug-likeness (QED) is 0.795. The van der Waals surface area contributed by atoms with Crippen LogP contribution in [0.5, 0.6) is 0 Å². The molecule has 1 saturated heterocycles. The lowest BCUT2D eigenvalue weighted by atomic mass is 9.98. The zero-order valence-electron chi connectivity index (χ0n) is 11.1. The van der Waals surface area contributed by atoms with Gasteiger partial charge in [0, 0.05) is 31.1 Å². The molecule has 3 nitrogen and oxygen atoms in total. The molecular formula is C13H26N2O. The van der Waals surface area contributed by atoms with Crippen molar-refractivity contribution in [1.82, 2.24) is 10.2 Å². The van der Waals surface area contributed by atoms with Crippen LogP contribution in [0.3, 0.4) is 0 Å². The Morgan fingerprint density at radius 2 is 1.88 bits per heavy atom. The minimum Gasteiger partial charge on any atom is -0.355 e. The Balaban J connectivity index is 2.28. The van der Waals surface area contributed by atoms with Gasteiger partial charge in [0.05, 0.1) is 0 Å². The van der Waals surface area contributed by atoms with Crippen molar-refractivity contribution in [3.05, 3.63) is 0 Å². The van der Waals surface area contributed by atoms with E-state index in [0.717, 1.165) is 13.1 Å². The predicted octanol–water partition coefficient (Wildman–Crippen LogP) is 2.02. The first-order valence-electron chi connectivity index (χ1n) is 6.55. The van der Waals surface area contributed by atoms with Crippen LogP contribution in [0.2, 0.25) is 0 Å². The van der Waals surface area contributed by atoms with E-state index < -0.39 is 0 Å². The molecule has 1 heterocycles. The van der Waals surface area contributed by atoms with E-state index in [-0.39, 0.29) is 11.8 Å². The number of carbonyl (C=O) groups excluding carboxylic acids is 1. The maximum absolute atomic E-state index is 11.4. The van der Waals surface area contributed by atoms with Gasteiger partial charge in [-0.05, 0) is 26.7 Å². The molecule has 1 aliphatic rings. The molecule has 94 valence electrons. The average Bonchev–Trinajstić information content (AvgIpc) is 2.22. The fourth-order valence-corrected chi connectivity index (χ4v) is 2.43. The number of piperidine rings is 1. The van der Waals surface area contributed by atoms with Gasteiger partial charge in [0.25, 0.3) is 0 Å². The number of nitrogens with one attached hydrogen (secondary N) is 1. The lowest BCUT2D eigenvalue weighted by Gasteiger charge is -2.39. The van der Waals surface area contributed by atoms with Crippen molar-refractivity contribution in [3.8, 4) is 0 Å². The van der Waals surface area contributed by atoms with E-state index in [4.69, 9.17) is 0 Å². The van der Waals surface area contributed by atoms with E-state index in [2.05, 4.69) is 24.1 Å². The Morgan fingerprint density at radius 1 is 1.31 bits per heavy atom. The van der Waals surface area contributed by atoms with Gasteiger partial charge in [0.15, 0.2) is 0 Å². The molecule has 1 amide bonds. The lowest BCUT2D eigenvalue weighted by molar-refractivity contribution is -0.124. The highest BCUT2D eigenvalue weighted by atomic mass is 16.1. The summed E-state index contributed by atoms with van der Waals surface area (Å²) in [7, 11) is 0. The number of rotatable bonds is 4. The third-order valence-corrected chi connectivity index (χ3v) is 3.57. The van der Waals surface area contributed by atoms with Crippen LogP contribution >= 0.6 is 0 Å². The van der Waals surface area contributed by atoms with Crippen molar-refractivity contribution >= 4 is 5.91 Å². The molecule has 0 bridgehead atoms. The summed E-state index contributed by atoms with van der Waals surface area (Å²) in [6.07, 6.45) is 3.93. The summed E-state index contributed by atoms with van der Waals surface area (Å²) < 4.78 is 0. The van der Waals surface area contributed by atoms with Gasteiger partial charge in [-0.1, -0.05) is 20.3 Å². The normalized spacial score (nSPS) is 27.1. The van der Waals surface area contributed by atoms with E-state index in [1.165, 1.54) is 19.3 Å². The third kappa shape index (κ3) is 3.78. The predicted molar refractivity (Wildman–Crippen MR) is 67.3 cm³/mol. The summed E-state index contributed by atoms with van der Waals surface area (Å²) in [5.41, 5.74) is 0. The van der Waals surface area contributed by atoms with Crippen molar-refractivity contribution in [2.75, 3.05) is 13.1 Å². The van der Waals surface area contributed by atoms with Gasteiger partial charge in [-0.2, -0.15) is 0 Å². The zero-order valence-corrected chi connectivity index (χ0v) is 11.1. The summed E-state index contributed by atoms with van der Waals surface area (Å²) in [4.78, 5) is 13.9. The molecule has 2 unspecified atom stereocenters. The molecule has 0 spiro atoms. The Kier molecular flexibility index (Phi) is 5.26. The number of hydrogen-bond acceptors (Lipinski definition) is 2. The smallest absolute Gasteiger partial charge is 0.222 e. The van der Waals surface area contributed by atoms with Gasteiger partial charge >= 0.3 is 0 Å². The Hall–Kier alpha value is -0.570. The van der Waals surface area contributed by atoms with E-state index in [1.54, 1.807) is 0 Å². The SMILES string of the molecule is CC(C)C(=O)NCCN1C(C)CCCC1C. The maximum Gasteiger partial charge on any atom is 0.222 e. The lowest BCUT2D eigenvalue weighted by Crippen LogP contribution is -2.47. The second-order valence-corrected chi connectivity index (χ2v) is 5.31. The molecule has 3 heteroatoms. The zero-order chi connectivity index (χ0) is 12.1. The fourth-order valence-electron chi connectivity index (χ4n) is 2.43. The summed E-state index contributed by atoms with van der Waals surface area (Å²) in [6, 6.07) is 1.33. The van der Waals surface area contributed by atoms with E-state index >= 15 is 0 Å². The summed E-state index contributed by atoms with van der Waals surface area (Å²) in [5.74, 6) is 0.258. The first-order chi connectivity index (χ1) is 7.52. The van der Waals surface area contributed by atoms with Crippen molar-refractivity contribution < 1.29 is 4.79 Å². The molecule has 1 N–H and O–H groups in total. The van der Waals surface area contributed by atoms with Crippen LogP contribution < -0.4 is 5.32 Å². The van der Waals surface area contributed by atoms with E-state index in [0.29, 0.717) is 12.1 Å². The monoisotopic (exact) mass is 226 g/mol. The highest BCUT2D eigenvalue weighted by Gasteiger charge is 2.23. The van der Waals surface area contributed by atoms with Crippen LogP contribution in [0.4, 0.5) is 0 Å². The van der Waals surface area contributed by atoms with Crippen LogP contribution in [0.25, 0.3) is 0 Å². The van der Waals surface area contributed by atoms with Crippen LogP contribution in [0, 0.1) is 5.92 Å². The molecule has 1 aliphatic heterocycles.